The van der Waals surface area contributed by atoms with Gasteiger partial charge in [-0.1, -0.05) is 12.8 Å². The number of carbonyl (C=O) groups excluding carboxylic acids is 1. The highest BCUT2D eigenvalue weighted by molar-refractivity contribution is 5.83. The summed E-state index contributed by atoms with van der Waals surface area (Å²) in [4.78, 5) is 14.2. The molecule has 2 fully saturated rings. The Kier molecular flexibility index (Phi) is 1.99. The SMILES string of the molecule is O=C1C[C@@H]2CCCC[C@@]23C2=C[C@H](O)OC2=CCN13. The van der Waals surface area contributed by atoms with Crippen LogP contribution in [0.15, 0.2) is 23.5 Å². The first-order valence-corrected chi connectivity index (χ1v) is 6.80. The van der Waals surface area contributed by atoms with E-state index in [1.807, 2.05) is 11.0 Å². The largest absolute Gasteiger partial charge is 0.461 e. The van der Waals surface area contributed by atoms with Gasteiger partial charge in [-0.25, -0.2) is 0 Å². The number of rotatable bonds is 0. The first-order valence-electron chi connectivity index (χ1n) is 6.80. The van der Waals surface area contributed by atoms with Gasteiger partial charge in [0.1, 0.15) is 5.76 Å². The molecule has 18 heavy (non-hydrogen) atoms. The Balaban J connectivity index is 1.88. The van der Waals surface area contributed by atoms with Gasteiger partial charge in [0, 0.05) is 18.5 Å². The number of hydrogen-bond acceptors (Lipinski definition) is 3. The number of aliphatic hydroxyl groups is 1. The molecule has 4 aliphatic rings. The maximum atomic E-state index is 12.2. The van der Waals surface area contributed by atoms with E-state index in [1.165, 1.54) is 6.42 Å². The zero-order valence-electron chi connectivity index (χ0n) is 10.3. The minimum atomic E-state index is -0.834. The molecule has 1 saturated carbocycles. The zero-order chi connectivity index (χ0) is 12.3. The van der Waals surface area contributed by atoms with Crippen LogP contribution in [0.25, 0.3) is 0 Å². The Morgan fingerprint density at radius 2 is 2.33 bits per heavy atom. The molecular weight excluding hydrogens is 230 g/mol. The van der Waals surface area contributed by atoms with Crippen LogP contribution in [0.1, 0.15) is 32.1 Å². The molecule has 0 aromatic rings. The van der Waals surface area contributed by atoms with Crippen LogP contribution < -0.4 is 0 Å². The first kappa shape index (κ1) is 10.6. The second kappa shape index (κ2) is 3.38. The summed E-state index contributed by atoms with van der Waals surface area (Å²) in [7, 11) is 0. The predicted molar refractivity (Wildman–Crippen MR) is 64.3 cm³/mol. The van der Waals surface area contributed by atoms with E-state index in [4.69, 9.17) is 4.74 Å². The number of amides is 1. The summed E-state index contributed by atoms with van der Waals surface area (Å²) in [5.74, 6) is 1.47. The van der Waals surface area contributed by atoms with Gasteiger partial charge in [-0.15, -0.1) is 0 Å². The van der Waals surface area contributed by atoms with Gasteiger partial charge in [0.05, 0.1) is 5.54 Å². The number of hydrogen-bond donors (Lipinski definition) is 1. The number of carbonyl (C=O) groups is 1. The molecule has 1 amide bonds. The van der Waals surface area contributed by atoms with Crippen LogP contribution in [0.5, 0.6) is 0 Å². The summed E-state index contributed by atoms with van der Waals surface area (Å²) >= 11 is 0. The Bertz CT molecular complexity index is 481. The molecule has 96 valence electrons. The number of fused-ring (bicyclic) bond motifs is 1. The van der Waals surface area contributed by atoms with Gasteiger partial charge < -0.3 is 14.7 Å². The van der Waals surface area contributed by atoms with Gasteiger partial charge in [-0.3, -0.25) is 4.79 Å². The van der Waals surface area contributed by atoms with Crippen molar-refractivity contribution in [1.82, 2.24) is 4.90 Å². The highest BCUT2D eigenvalue weighted by atomic mass is 16.6. The summed E-state index contributed by atoms with van der Waals surface area (Å²) in [5, 5.41) is 9.69. The molecule has 4 rings (SSSR count). The average Bonchev–Trinajstić information content (AvgIpc) is 2.86. The van der Waals surface area contributed by atoms with Crippen LogP contribution in [0.3, 0.4) is 0 Å². The average molecular weight is 247 g/mol. The summed E-state index contributed by atoms with van der Waals surface area (Å²) in [6.07, 6.45) is 8.06. The quantitative estimate of drug-likeness (QED) is 0.702. The third-order valence-electron chi connectivity index (χ3n) is 4.99. The second-order valence-electron chi connectivity index (χ2n) is 5.73. The maximum absolute atomic E-state index is 12.2. The lowest BCUT2D eigenvalue weighted by molar-refractivity contribution is -0.130. The lowest BCUT2D eigenvalue weighted by Crippen LogP contribution is -2.54. The van der Waals surface area contributed by atoms with Gasteiger partial charge >= 0.3 is 0 Å². The van der Waals surface area contributed by atoms with E-state index in [1.54, 1.807) is 6.08 Å². The molecule has 4 nitrogen and oxygen atoms in total. The van der Waals surface area contributed by atoms with Gasteiger partial charge in [-0.05, 0) is 30.9 Å². The number of nitrogens with zero attached hydrogens (tertiary/aromatic N) is 1. The van der Waals surface area contributed by atoms with Crippen LogP contribution in [0.2, 0.25) is 0 Å². The Morgan fingerprint density at radius 1 is 1.44 bits per heavy atom. The van der Waals surface area contributed by atoms with E-state index < -0.39 is 6.29 Å². The fraction of sp³-hybridized carbons (Fsp3) is 0.643. The molecular formula is C14H17NO3. The summed E-state index contributed by atoms with van der Waals surface area (Å²) in [6.45, 7) is 0.634. The van der Waals surface area contributed by atoms with Crippen molar-refractivity contribution < 1.29 is 14.6 Å². The predicted octanol–water partition coefficient (Wildman–Crippen LogP) is 1.32. The van der Waals surface area contributed by atoms with Gasteiger partial charge in [0.25, 0.3) is 0 Å². The molecule has 1 spiro atoms. The van der Waals surface area contributed by atoms with Crippen molar-refractivity contribution in [1.29, 1.82) is 0 Å². The Hall–Kier alpha value is -1.29. The summed E-state index contributed by atoms with van der Waals surface area (Å²) in [6, 6.07) is 0. The van der Waals surface area contributed by atoms with Crippen molar-refractivity contribution in [2.24, 2.45) is 5.92 Å². The zero-order valence-corrected chi connectivity index (χ0v) is 10.3. The van der Waals surface area contributed by atoms with E-state index in [2.05, 4.69) is 0 Å². The molecule has 1 N–H and O–H groups in total. The van der Waals surface area contributed by atoms with Crippen molar-refractivity contribution in [3.63, 3.8) is 0 Å². The fourth-order valence-electron chi connectivity index (χ4n) is 4.30. The van der Waals surface area contributed by atoms with Crippen molar-refractivity contribution in [3.05, 3.63) is 23.5 Å². The van der Waals surface area contributed by atoms with E-state index in [0.29, 0.717) is 18.9 Å². The first-order chi connectivity index (χ1) is 8.72. The molecule has 0 bridgehead atoms. The third kappa shape index (κ3) is 1.12. The van der Waals surface area contributed by atoms with Crippen LogP contribution in [-0.4, -0.2) is 34.3 Å². The number of ether oxygens (including phenoxy) is 1. The molecule has 0 aromatic carbocycles. The topological polar surface area (TPSA) is 49.8 Å². The highest BCUT2D eigenvalue weighted by Crippen LogP contribution is 2.54. The number of aliphatic hydroxyl groups excluding tert-OH is 1. The van der Waals surface area contributed by atoms with Crippen LogP contribution in [0.4, 0.5) is 0 Å². The Labute approximate surface area is 106 Å². The van der Waals surface area contributed by atoms with Crippen LogP contribution in [-0.2, 0) is 9.53 Å². The molecule has 4 heteroatoms. The monoisotopic (exact) mass is 247 g/mol. The van der Waals surface area contributed by atoms with Gasteiger partial charge in [-0.2, -0.15) is 0 Å². The third-order valence-corrected chi connectivity index (χ3v) is 4.99. The maximum Gasteiger partial charge on any atom is 0.223 e. The van der Waals surface area contributed by atoms with Gasteiger partial charge in [0.2, 0.25) is 12.2 Å². The molecule has 3 aliphatic heterocycles. The van der Waals surface area contributed by atoms with Crippen molar-refractivity contribution >= 4 is 5.91 Å². The standard InChI is InChI=1S/C14H17NO3/c16-12-7-9-3-1-2-5-14(9)10-8-13(17)18-11(10)4-6-15(12)14/h4,8-9,13,17H,1-3,5-7H2/t9-,13+,14-/m0/s1. The lowest BCUT2D eigenvalue weighted by Gasteiger charge is -2.47. The second-order valence-corrected chi connectivity index (χ2v) is 5.73. The van der Waals surface area contributed by atoms with Crippen LogP contribution >= 0.6 is 0 Å². The van der Waals surface area contributed by atoms with E-state index in [9.17, 15) is 9.90 Å². The summed E-state index contributed by atoms with van der Waals surface area (Å²) < 4.78 is 5.44. The smallest absolute Gasteiger partial charge is 0.223 e. The van der Waals surface area contributed by atoms with E-state index in [-0.39, 0.29) is 11.4 Å². The molecule has 3 heterocycles. The molecule has 0 radical (unpaired) electrons. The highest BCUT2D eigenvalue weighted by Gasteiger charge is 2.58. The normalized spacial score (nSPS) is 41.6. The van der Waals surface area contributed by atoms with Gasteiger partial charge in [0.15, 0.2) is 0 Å². The van der Waals surface area contributed by atoms with Crippen molar-refractivity contribution in [3.8, 4) is 0 Å². The molecule has 0 aromatic heterocycles. The lowest BCUT2D eigenvalue weighted by atomic mass is 9.68. The minimum Gasteiger partial charge on any atom is -0.461 e. The molecule has 0 unspecified atom stereocenters. The molecule has 3 atom stereocenters. The van der Waals surface area contributed by atoms with Crippen LogP contribution in [0, 0.1) is 5.92 Å². The fourth-order valence-corrected chi connectivity index (χ4v) is 4.30. The van der Waals surface area contributed by atoms with E-state index >= 15 is 0 Å². The summed E-state index contributed by atoms with van der Waals surface area (Å²) in [5.41, 5.74) is 0.897. The molecule has 1 saturated heterocycles. The Morgan fingerprint density at radius 3 is 3.22 bits per heavy atom. The van der Waals surface area contributed by atoms with Crippen molar-refractivity contribution in [2.75, 3.05) is 6.54 Å². The minimum absolute atomic E-state index is 0.170. The van der Waals surface area contributed by atoms with E-state index in [0.717, 1.165) is 30.6 Å². The van der Waals surface area contributed by atoms with Crippen molar-refractivity contribution in [2.45, 2.75) is 43.9 Å². The molecule has 1 aliphatic carbocycles.